The number of para-hydroxylation sites is 1. The molecule has 0 atom stereocenters. The van der Waals surface area contributed by atoms with Gasteiger partial charge in [0.15, 0.2) is 0 Å². The summed E-state index contributed by atoms with van der Waals surface area (Å²) in [6.07, 6.45) is 3.64. The van der Waals surface area contributed by atoms with Gasteiger partial charge in [0, 0.05) is 28.9 Å². The molecule has 0 N–H and O–H groups in total. The van der Waals surface area contributed by atoms with Crippen LogP contribution in [-0.4, -0.2) is 20.2 Å². The monoisotopic (exact) mass is 1200 g/mol. The van der Waals surface area contributed by atoms with Crippen LogP contribution in [0.2, 0.25) is 0 Å². The number of pyridine rings is 2. The third-order valence-electron chi connectivity index (χ3n) is 14.7. The topological polar surface area (TPSA) is 64.7 Å². The molecule has 5 nitrogen and oxygen atoms in total. The molecule has 0 aliphatic rings. The molecule has 80 heavy (non-hydrogen) atoms. The van der Waals surface area contributed by atoms with Crippen LogP contribution in [0.1, 0.15) is 0 Å². The van der Waals surface area contributed by atoms with E-state index in [-0.39, 0.29) is 20.1 Å². The summed E-state index contributed by atoms with van der Waals surface area (Å²) >= 11 is 0. The van der Waals surface area contributed by atoms with Crippen molar-refractivity contribution < 1.29 is 24.5 Å². The number of furan rings is 1. The van der Waals surface area contributed by atoms with E-state index in [2.05, 4.69) is 240 Å². The summed E-state index contributed by atoms with van der Waals surface area (Å²) in [7, 11) is 0. The normalized spacial score (nSPS) is 11.2. The number of rotatable bonds is 11. The van der Waals surface area contributed by atoms with Crippen LogP contribution in [0.15, 0.2) is 278 Å². The predicted octanol–water partition coefficient (Wildman–Crippen LogP) is 18.9. The van der Waals surface area contributed by atoms with Gasteiger partial charge >= 0.3 is 20.1 Å². The largest absolute Gasteiger partial charge is 3.00 e. The Labute approximate surface area is 478 Å². The summed E-state index contributed by atoms with van der Waals surface area (Å²) < 4.78 is 6.10. The van der Waals surface area contributed by atoms with Crippen molar-refractivity contribution in [2.75, 3.05) is 0 Å². The number of hydrogen-bond donors (Lipinski definition) is 0. The van der Waals surface area contributed by atoms with E-state index in [0.717, 1.165) is 133 Å². The van der Waals surface area contributed by atoms with Crippen molar-refractivity contribution in [2.24, 2.45) is 0 Å². The molecule has 0 aliphatic carbocycles. The Balaban J connectivity index is 0.00000605. The van der Waals surface area contributed by atoms with E-state index in [1.54, 1.807) is 0 Å². The summed E-state index contributed by atoms with van der Waals surface area (Å²) in [5.41, 5.74) is 23.9. The molecule has 6 heteroatoms. The van der Waals surface area contributed by atoms with E-state index in [1.165, 1.54) is 0 Å². The van der Waals surface area contributed by atoms with Gasteiger partial charge in [-0.3, -0.25) is 0 Å². The molecule has 10 aromatic carbocycles. The number of hydrogen-bond acceptors (Lipinski definition) is 5. The Morgan fingerprint density at radius 3 is 1.29 bits per heavy atom. The van der Waals surface area contributed by atoms with E-state index in [1.807, 2.05) is 67.0 Å². The molecule has 4 heterocycles. The van der Waals surface area contributed by atoms with Gasteiger partial charge in [0.25, 0.3) is 0 Å². The molecule has 376 valence electrons. The fourth-order valence-corrected chi connectivity index (χ4v) is 10.8. The minimum Gasteiger partial charge on any atom is -0.436 e. The van der Waals surface area contributed by atoms with Gasteiger partial charge in [-0.25, -0.2) is 0 Å². The van der Waals surface area contributed by atoms with Crippen molar-refractivity contribution >= 4 is 22.1 Å². The van der Waals surface area contributed by atoms with Crippen LogP contribution in [0.3, 0.4) is 0 Å². The van der Waals surface area contributed by atoms with Crippen LogP contribution in [0.25, 0.3) is 145 Å². The Morgan fingerprint density at radius 1 is 0.275 bits per heavy atom. The Morgan fingerprint density at radius 2 is 0.738 bits per heavy atom. The quantitative estimate of drug-likeness (QED) is 0.121. The molecule has 4 aromatic heterocycles. The maximum absolute atomic E-state index is 6.10. The second-order valence-electron chi connectivity index (χ2n) is 19.5. The number of benzene rings is 10. The first-order chi connectivity index (χ1) is 39.1. The third kappa shape index (κ3) is 9.64. The fourth-order valence-electron chi connectivity index (χ4n) is 10.8. The minimum atomic E-state index is 0. The standard InChI is InChI=1S/C74H45N4O.Ir/c1-2-16-49(17-3-1)50-28-30-53(31-29-50)68-47-56(72-48-69-67-24-10-11-27-73(67)79-74(69)78-77-72)40-41-66(68)65-23-9-8-22-64(65)59-45-57(62-20-6-4-18-60(62)51-32-36-54(37-33-51)70-25-12-14-42-75-70)44-58(46-59)63-21-7-5-19-61(63)52-34-38-55(39-35-52)71-26-13-15-43-76-71;/h1-36,38,41-48H;/q-3;+3. The van der Waals surface area contributed by atoms with Crippen LogP contribution in [0, 0.1) is 18.2 Å². The second kappa shape index (κ2) is 21.8. The summed E-state index contributed by atoms with van der Waals surface area (Å²) in [6, 6.07) is 102. The first kappa shape index (κ1) is 49.6. The van der Waals surface area contributed by atoms with Crippen molar-refractivity contribution in [2.45, 2.75) is 0 Å². The molecule has 0 saturated heterocycles. The molecule has 0 spiro atoms. The molecule has 0 radical (unpaired) electrons. The van der Waals surface area contributed by atoms with Gasteiger partial charge in [-0.2, -0.15) is 5.10 Å². The van der Waals surface area contributed by atoms with E-state index in [4.69, 9.17) is 9.52 Å². The van der Waals surface area contributed by atoms with Crippen molar-refractivity contribution in [1.29, 1.82) is 0 Å². The third-order valence-corrected chi connectivity index (χ3v) is 14.7. The SMILES string of the molecule is [Ir+3].[c-]1cc(-c2ccccc2-c2cc(-c3ccccc3-c3c[c-]c(-c4ccccn4)cc3)cc(-c3ccccc3-c3c[c-]c(-c4cc5c(nn4)oc4ccccc45)cc3-c3ccc(-c4ccccc4)cc3)c2)ccc1-c1ccccn1. The van der Waals surface area contributed by atoms with Gasteiger partial charge in [-0.1, -0.05) is 215 Å². The molecular formula is C74H45IrN4O. The minimum absolute atomic E-state index is 0. The second-order valence-corrected chi connectivity index (χ2v) is 19.5. The molecule has 0 aliphatic heterocycles. The van der Waals surface area contributed by atoms with Gasteiger partial charge in [0.1, 0.15) is 5.58 Å². The zero-order chi connectivity index (χ0) is 52.5. The molecule has 14 aromatic rings. The zero-order valence-electron chi connectivity index (χ0n) is 43.0. The molecule has 0 unspecified atom stereocenters. The average molecular weight is 1200 g/mol. The van der Waals surface area contributed by atoms with Gasteiger partial charge in [0.05, 0.1) is 0 Å². The first-order valence-corrected chi connectivity index (χ1v) is 26.3. The van der Waals surface area contributed by atoms with E-state index < -0.39 is 0 Å². The Kier molecular flexibility index (Phi) is 13.5. The van der Waals surface area contributed by atoms with Crippen molar-refractivity contribution in [3.8, 4) is 123 Å². The van der Waals surface area contributed by atoms with Crippen LogP contribution >= 0.6 is 0 Å². The summed E-state index contributed by atoms with van der Waals surface area (Å²) in [4.78, 5) is 9.19. The van der Waals surface area contributed by atoms with Gasteiger partial charge in [0.2, 0.25) is 5.71 Å². The predicted molar refractivity (Wildman–Crippen MR) is 321 cm³/mol. The number of aromatic nitrogens is 4. The molecule has 0 saturated carbocycles. The summed E-state index contributed by atoms with van der Waals surface area (Å²) in [5, 5.41) is 11.2. The van der Waals surface area contributed by atoms with E-state index >= 15 is 0 Å². The molecule has 0 bridgehead atoms. The Bertz CT molecular complexity index is 4360. The van der Waals surface area contributed by atoms with Crippen LogP contribution in [0.4, 0.5) is 0 Å². The summed E-state index contributed by atoms with van der Waals surface area (Å²) in [6.45, 7) is 0. The van der Waals surface area contributed by atoms with Crippen molar-refractivity contribution in [1.82, 2.24) is 20.2 Å². The molecular weight excluding hydrogens is 1150 g/mol. The number of nitrogens with zero attached hydrogens (tertiary/aromatic N) is 4. The Hall–Kier alpha value is -9.97. The number of fused-ring (bicyclic) bond motifs is 3. The van der Waals surface area contributed by atoms with Crippen LogP contribution in [-0.2, 0) is 20.1 Å². The maximum Gasteiger partial charge on any atom is 3.00 e. The van der Waals surface area contributed by atoms with Gasteiger partial charge in [-0.05, 0) is 97.9 Å². The molecule has 0 fully saturated rings. The van der Waals surface area contributed by atoms with Crippen LogP contribution in [0.5, 0.6) is 0 Å². The van der Waals surface area contributed by atoms with Crippen molar-refractivity contribution in [3.05, 3.63) is 291 Å². The maximum atomic E-state index is 6.10. The fraction of sp³-hybridized carbons (Fsp3) is 0. The van der Waals surface area contributed by atoms with E-state index in [0.29, 0.717) is 11.4 Å². The van der Waals surface area contributed by atoms with Crippen LogP contribution < -0.4 is 0 Å². The molecule has 0 amide bonds. The van der Waals surface area contributed by atoms with Gasteiger partial charge in [-0.15, -0.1) is 88.5 Å². The van der Waals surface area contributed by atoms with E-state index in [9.17, 15) is 0 Å². The first-order valence-electron chi connectivity index (χ1n) is 26.3. The average Bonchev–Trinajstić information content (AvgIpc) is 4.09. The van der Waals surface area contributed by atoms with Gasteiger partial charge < -0.3 is 14.4 Å². The smallest absolute Gasteiger partial charge is 0.436 e. The van der Waals surface area contributed by atoms with Crippen molar-refractivity contribution in [3.63, 3.8) is 0 Å². The summed E-state index contributed by atoms with van der Waals surface area (Å²) in [5.74, 6) is 0. The molecule has 14 rings (SSSR count). The zero-order valence-corrected chi connectivity index (χ0v) is 45.4.